The van der Waals surface area contributed by atoms with Crippen molar-refractivity contribution in [2.75, 3.05) is 26.4 Å². The average molecular weight is 151 g/mol. The number of hydrogen-bond donors (Lipinski definition) is 4. The van der Waals surface area contributed by atoms with Gasteiger partial charge in [0.1, 0.15) is 0 Å². The molecule has 5 N–H and O–H groups in total. The zero-order valence-corrected chi connectivity index (χ0v) is 5.66. The maximum Gasteiger partial charge on any atom is 0.0801 e. The van der Waals surface area contributed by atoms with Gasteiger partial charge in [-0.05, 0) is 0 Å². The molecule has 0 aliphatic carbocycles. The van der Waals surface area contributed by atoms with E-state index in [1.54, 1.807) is 0 Å². The second kappa shape index (κ2) is 4.59. The van der Waals surface area contributed by atoms with Crippen LogP contribution in [-0.4, -0.2) is 41.7 Å². The summed E-state index contributed by atoms with van der Waals surface area (Å²) in [5.74, 6) is 4.71. The minimum atomic E-state index is -1.01. The summed E-state index contributed by atoms with van der Waals surface area (Å²) in [4.78, 5) is 4.20. The Bertz CT molecular complexity index is 75.5. The topological polar surface area (TPSA) is 95.9 Å². The molecule has 0 atom stereocenters. The minimum absolute atomic E-state index is 0.0590. The SMILES string of the molecule is NOCC(CO)(CO)CO. The van der Waals surface area contributed by atoms with Crippen molar-refractivity contribution in [1.29, 1.82) is 0 Å². The first kappa shape index (κ1) is 9.80. The third kappa shape index (κ3) is 2.20. The van der Waals surface area contributed by atoms with Gasteiger partial charge in [-0.3, -0.25) is 0 Å². The molecular formula is C5H13NO4. The first-order valence-corrected chi connectivity index (χ1v) is 2.89. The molecule has 0 aromatic rings. The summed E-state index contributed by atoms with van der Waals surface area (Å²) in [5.41, 5.74) is -1.01. The third-order valence-corrected chi connectivity index (χ3v) is 1.40. The Morgan fingerprint density at radius 3 is 1.60 bits per heavy atom. The van der Waals surface area contributed by atoms with Crippen LogP contribution in [-0.2, 0) is 4.84 Å². The van der Waals surface area contributed by atoms with Crippen LogP contribution in [0, 0.1) is 5.41 Å². The summed E-state index contributed by atoms with van der Waals surface area (Å²) >= 11 is 0. The quantitative estimate of drug-likeness (QED) is 0.336. The predicted octanol–water partition coefficient (Wildman–Crippen LogP) is -2.16. The Morgan fingerprint density at radius 1 is 1.10 bits per heavy atom. The van der Waals surface area contributed by atoms with E-state index in [0.717, 1.165) is 0 Å². The van der Waals surface area contributed by atoms with E-state index < -0.39 is 5.41 Å². The zero-order chi connectivity index (χ0) is 8.04. The van der Waals surface area contributed by atoms with Crippen molar-refractivity contribution in [3.05, 3.63) is 0 Å². The number of aliphatic hydroxyl groups is 3. The van der Waals surface area contributed by atoms with Gasteiger partial charge in [-0.1, -0.05) is 0 Å². The van der Waals surface area contributed by atoms with E-state index in [9.17, 15) is 0 Å². The molecule has 5 heteroatoms. The molecule has 0 saturated carbocycles. The summed E-state index contributed by atoms with van der Waals surface area (Å²) < 4.78 is 0. The van der Waals surface area contributed by atoms with E-state index in [2.05, 4.69) is 4.84 Å². The second-order valence-corrected chi connectivity index (χ2v) is 2.29. The predicted molar refractivity (Wildman–Crippen MR) is 33.8 cm³/mol. The van der Waals surface area contributed by atoms with E-state index in [1.807, 2.05) is 0 Å². The molecule has 0 amide bonds. The molecule has 62 valence electrons. The molecule has 0 spiro atoms. The molecule has 0 heterocycles. The molecule has 0 rings (SSSR count). The van der Waals surface area contributed by atoms with Crippen molar-refractivity contribution in [2.24, 2.45) is 11.3 Å². The van der Waals surface area contributed by atoms with Gasteiger partial charge in [0.05, 0.1) is 31.8 Å². The highest BCUT2D eigenvalue weighted by Gasteiger charge is 2.28. The van der Waals surface area contributed by atoms with Crippen LogP contribution in [0.5, 0.6) is 0 Å². The van der Waals surface area contributed by atoms with Crippen molar-refractivity contribution in [2.45, 2.75) is 0 Å². The lowest BCUT2D eigenvalue weighted by molar-refractivity contribution is -0.0586. The van der Waals surface area contributed by atoms with Gasteiger partial charge in [-0.15, -0.1) is 0 Å². The van der Waals surface area contributed by atoms with Crippen LogP contribution in [0.3, 0.4) is 0 Å². The summed E-state index contributed by atoms with van der Waals surface area (Å²) in [7, 11) is 0. The summed E-state index contributed by atoms with van der Waals surface area (Å²) in [6, 6.07) is 0. The van der Waals surface area contributed by atoms with Crippen LogP contribution in [0.2, 0.25) is 0 Å². The van der Waals surface area contributed by atoms with Crippen LogP contribution >= 0.6 is 0 Å². The van der Waals surface area contributed by atoms with Crippen molar-refractivity contribution in [3.8, 4) is 0 Å². The van der Waals surface area contributed by atoms with E-state index in [4.69, 9.17) is 21.2 Å². The Hall–Kier alpha value is -0.200. The van der Waals surface area contributed by atoms with Gasteiger partial charge in [0.25, 0.3) is 0 Å². The fourth-order valence-corrected chi connectivity index (χ4v) is 0.464. The van der Waals surface area contributed by atoms with Gasteiger partial charge in [-0.25, -0.2) is 5.90 Å². The van der Waals surface area contributed by atoms with Crippen molar-refractivity contribution >= 4 is 0 Å². The molecule has 0 unspecified atom stereocenters. The van der Waals surface area contributed by atoms with Gasteiger partial charge in [0.15, 0.2) is 0 Å². The molecule has 0 saturated heterocycles. The van der Waals surface area contributed by atoms with E-state index in [-0.39, 0.29) is 26.4 Å². The molecule has 0 bridgehead atoms. The lowest BCUT2D eigenvalue weighted by Crippen LogP contribution is -2.39. The van der Waals surface area contributed by atoms with Gasteiger partial charge in [0.2, 0.25) is 0 Å². The highest BCUT2D eigenvalue weighted by molar-refractivity contribution is 4.75. The fourth-order valence-electron chi connectivity index (χ4n) is 0.464. The van der Waals surface area contributed by atoms with Crippen molar-refractivity contribution in [3.63, 3.8) is 0 Å². The van der Waals surface area contributed by atoms with Crippen molar-refractivity contribution in [1.82, 2.24) is 0 Å². The number of hydrogen-bond acceptors (Lipinski definition) is 5. The standard InChI is InChI=1S/C5H13NO4/c6-10-4-5(1-7,2-8)3-9/h7-9H,1-4,6H2. The molecule has 10 heavy (non-hydrogen) atoms. The summed E-state index contributed by atoms with van der Waals surface area (Å²) in [6.07, 6.45) is 0. The maximum absolute atomic E-state index is 8.65. The third-order valence-electron chi connectivity index (χ3n) is 1.40. The number of nitrogens with two attached hydrogens (primary N) is 1. The first-order chi connectivity index (χ1) is 4.74. The van der Waals surface area contributed by atoms with Crippen molar-refractivity contribution < 1.29 is 20.2 Å². The molecule has 5 nitrogen and oxygen atoms in total. The zero-order valence-electron chi connectivity index (χ0n) is 5.66. The van der Waals surface area contributed by atoms with Crippen LogP contribution < -0.4 is 5.90 Å². The molecule has 0 fully saturated rings. The highest BCUT2D eigenvalue weighted by Crippen LogP contribution is 2.13. The molecule has 0 aliphatic heterocycles. The van der Waals surface area contributed by atoms with E-state index >= 15 is 0 Å². The Balaban J connectivity index is 3.87. The molecule has 0 aromatic carbocycles. The Kier molecular flexibility index (Phi) is 4.50. The molecule has 0 aliphatic rings. The van der Waals surface area contributed by atoms with Gasteiger partial charge >= 0.3 is 0 Å². The Labute approximate surface area is 59.0 Å². The van der Waals surface area contributed by atoms with Gasteiger partial charge < -0.3 is 20.2 Å². The highest BCUT2D eigenvalue weighted by atomic mass is 16.6. The normalized spacial score (nSPS) is 12.0. The van der Waals surface area contributed by atoms with Gasteiger partial charge in [-0.2, -0.15) is 0 Å². The van der Waals surface area contributed by atoms with E-state index in [1.165, 1.54) is 0 Å². The van der Waals surface area contributed by atoms with Crippen LogP contribution in [0.25, 0.3) is 0 Å². The summed E-state index contributed by atoms with van der Waals surface area (Å²) in [6.45, 7) is -1.11. The molecular weight excluding hydrogens is 138 g/mol. The lowest BCUT2D eigenvalue weighted by atomic mass is 9.93. The Morgan fingerprint density at radius 2 is 1.50 bits per heavy atom. The maximum atomic E-state index is 8.65. The molecule has 0 radical (unpaired) electrons. The minimum Gasteiger partial charge on any atom is -0.396 e. The van der Waals surface area contributed by atoms with Crippen LogP contribution in [0.4, 0.5) is 0 Å². The second-order valence-electron chi connectivity index (χ2n) is 2.29. The molecule has 0 aromatic heterocycles. The summed E-state index contributed by atoms with van der Waals surface area (Å²) in [5, 5.41) is 26.0. The smallest absolute Gasteiger partial charge is 0.0801 e. The fraction of sp³-hybridized carbons (Fsp3) is 1.00. The van der Waals surface area contributed by atoms with E-state index in [0.29, 0.717) is 0 Å². The lowest BCUT2D eigenvalue weighted by Gasteiger charge is -2.25. The van der Waals surface area contributed by atoms with Gasteiger partial charge in [0, 0.05) is 0 Å². The first-order valence-electron chi connectivity index (χ1n) is 2.89. The number of rotatable bonds is 5. The number of aliphatic hydroxyl groups excluding tert-OH is 3. The largest absolute Gasteiger partial charge is 0.396 e. The monoisotopic (exact) mass is 151 g/mol. The van der Waals surface area contributed by atoms with Crippen LogP contribution in [0.15, 0.2) is 0 Å². The average Bonchev–Trinajstić information content (AvgIpc) is 2.01. The van der Waals surface area contributed by atoms with Crippen LogP contribution in [0.1, 0.15) is 0 Å².